The molecule has 328 valence electrons. The van der Waals surface area contributed by atoms with E-state index in [9.17, 15) is 34.5 Å². The van der Waals surface area contributed by atoms with Gasteiger partial charge in [-0.3, -0.25) is 24.0 Å². The number of esters is 2. The average molecular weight is 852 g/mol. The number of carbonyl (C=O) groups excluding carboxylic acids is 3. The molecule has 2 saturated carbocycles. The second-order valence-electron chi connectivity index (χ2n) is 17.2. The first-order valence-electron chi connectivity index (χ1n) is 21.4. The van der Waals surface area contributed by atoms with Gasteiger partial charge in [-0.2, -0.15) is 0 Å². The number of phenolic OH excluding ortho intramolecular Hbond substituents is 1. The van der Waals surface area contributed by atoms with Crippen LogP contribution >= 0.6 is 0 Å². The summed E-state index contributed by atoms with van der Waals surface area (Å²) in [5.41, 5.74) is 1.85. The van der Waals surface area contributed by atoms with Gasteiger partial charge in [-0.05, 0) is 115 Å². The molecule has 0 amide bonds. The highest BCUT2D eigenvalue weighted by atomic mass is 16.6. The molecule has 5 unspecified atom stereocenters. The van der Waals surface area contributed by atoms with Gasteiger partial charge in [-0.15, -0.1) is 0 Å². The summed E-state index contributed by atoms with van der Waals surface area (Å²) in [5.74, 6) is -3.06. The van der Waals surface area contributed by atoms with Gasteiger partial charge in [-0.25, -0.2) is 0 Å². The van der Waals surface area contributed by atoms with Crippen molar-refractivity contribution in [1.29, 1.82) is 0 Å². The normalized spacial score (nSPS) is 21.0. The third kappa shape index (κ3) is 7.10. The van der Waals surface area contributed by atoms with Gasteiger partial charge in [0.1, 0.15) is 18.1 Å². The molecule has 0 aromatic heterocycles. The van der Waals surface area contributed by atoms with Gasteiger partial charge in [0.05, 0.1) is 62.1 Å². The van der Waals surface area contributed by atoms with Gasteiger partial charge < -0.3 is 44.7 Å². The highest BCUT2D eigenvalue weighted by Gasteiger charge is 2.39. The number of fused-ring (bicyclic) bond motifs is 1. The quantitative estimate of drug-likeness (QED) is 0.0367. The molecule has 14 heteroatoms. The molecule has 62 heavy (non-hydrogen) atoms. The number of ether oxygens (including phenoxy) is 4. The van der Waals surface area contributed by atoms with E-state index in [4.69, 9.17) is 24.1 Å². The lowest BCUT2D eigenvalue weighted by Crippen LogP contribution is -2.22. The van der Waals surface area contributed by atoms with Gasteiger partial charge in [0.2, 0.25) is 5.43 Å². The molecule has 5 aromatic rings. The number of allylic oxidation sites excluding steroid dienone is 1. The summed E-state index contributed by atoms with van der Waals surface area (Å²) >= 11 is 0. The van der Waals surface area contributed by atoms with Crippen LogP contribution in [0.3, 0.4) is 0 Å². The largest absolute Gasteiger partial charge is 0.507 e. The number of benzene rings is 5. The predicted octanol–water partition coefficient (Wildman–Crippen LogP) is 5.34. The Kier molecular flexibility index (Phi) is 12.1. The molecule has 0 radical (unpaired) electrons. The second kappa shape index (κ2) is 17.4. The maximum Gasteiger partial charge on any atom is 0.309 e. The molecule has 5 atom stereocenters. The van der Waals surface area contributed by atoms with Crippen LogP contribution in [-0.4, -0.2) is 84.8 Å². The van der Waals surface area contributed by atoms with Crippen molar-refractivity contribution in [3.05, 3.63) is 66.0 Å². The molecule has 8 rings (SSSR count). The SMILES string of the molecule is COCCOC(=O)C1CCC(Cc2c(O)c3c(=O)cc(CO)c4c5c(CO)cc(NC6CCC(C(=O)OCCCO)C6)c6c(=O)c(OC)c7c(c(c2C=C(C)C7C(C)=O)c34)c65)C1. The molecule has 0 saturated heterocycles. The van der Waals surface area contributed by atoms with Crippen LogP contribution in [0, 0.1) is 17.8 Å². The third-order valence-corrected chi connectivity index (χ3v) is 13.5. The number of hydrogen-bond acceptors (Lipinski definition) is 14. The van der Waals surface area contributed by atoms with E-state index in [1.807, 2.05) is 6.08 Å². The third-order valence-electron chi connectivity index (χ3n) is 13.5. The molecular formula is C48H53NO13. The number of anilines is 1. The molecule has 0 heterocycles. The van der Waals surface area contributed by atoms with E-state index < -0.39 is 35.9 Å². The van der Waals surface area contributed by atoms with Crippen molar-refractivity contribution in [1.82, 2.24) is 0 Å². The first-order chi connectivity index (χ1) is 29.9. The van der Waals surface area contributed by atoms with E-state index >= 15 is 4.79 Å². The Bertz CT molecular complexity index is 2760. The lowest BCUT2D eigenvalue weighted by atomic mass is 9.78. The Labute approximate surface area is 357 Å². The topological polar surface area (TPSA) is 215 Å². The minimum absolute atomic E-state index is 0.00989. The van der Waals surface area contributed by atoms with Crippen molar-refractivity contribution in [2.24, 2.45) is 17.8 Å². The van der Waals surface area contributed by atoms with E-state index in [1.165, 1.54) is 27.2 Å². The minimum Gasteiger partial charge on any atom is -0.507 e. The fraction of sp³-hybridized carbons (Fsp3) is 0.479. The predicted molar refractivity (Wildman–Crippen MR) is 233 cm³/mol. The molecule has 0 bridgehead atoms. The van der Waals surface area contributed by atoms with Crippen molar-refractivity contribution in [2.45, 2.75) is 90.4 Å². The summed E-state index contributed by atoms with van der Waals surface area (Å²) in [6, 6.07) is 2.69. The molecule has 0 aliphatic heterocycles. The van der Waals surface area contributed by atoms with Crippen molar-refractivity contribution < 1.29 is 53.8 Å². The molecule has 0 spiro atoms. The number of aliphatic hydroxyl groups is 3. The summed E-state index contributed by atoms with van der Waals surface area (Å²) in [6.45, 7) is 2.58. The lowest BCUT2D eigenvalue weighted by molar-refractivity contribution is -0.150. The van der Waals surface area contributed by atoms with Crippen molar-refractivity contribution >= 4 is 72.6 Å². The lowest BCUT2D eigenvalue weighted by Gasteiger charge is -2.27. The smallest absolute Gasteiger partial charge is 0.309 e. The molecule has 5 aromatic carbocycles. The highest BCUT2D eigenvalue weighted by Crippen LogP contribution is 2.55. The van der Waals surface area contributed by atoms with E-state index in [0.717, 1.165) is 0 Å². The highest BCUT2D eigenvalue weighted by molar-refractivity contribution is 6.39. The first kappa shape index (κ1) is 43.2. The van der Waals surface area contributed by atoms with Crippen LogP contribution in [0.4, 0.5) is 5.69 Å². The number of ketones is 1. The molecule has 2 fully saturated rings. The zero-order valence-electron chi connectivity index (χ0n) is 35.5. The summed E-state index contributed by atoms with van der Waals surface area (Å²) in [5, 5.41) is 49.9. The Morgan fingerprint density at radius 3 is 2.10 bits per heavy atom. The number of nitrogens with one attached hydrogen (secondary N) is 1. The Balaban J connectivity index is 1.42. The molecule has 3 aliphatic carbocycles. The monoisotopic (exact) mass is 851 g/mol. The zero-order chi connectivity index (χ0) is 44.1. The molecule has 5 N–H and O–H groups in total. The van der Waals surface area contributed by atoms with E-state index in [0.29, 0.717) is 111 Å². The number of aromatic hydroxyl groups is 1. The number of phenols is 1. The number of aliphatic hydroxyl groups excluding tert-OH is 3. The van der Waals surface area contributed by atoms with Gasteiger partial charge >= 0.3 is 11.9 Å². The van der Waals surface area contributed by atoms with Crippen molar-refractivity contribution in [2.75, 3.05) is 46.0 Å². The van der Waals surface area contributed by atoms with Gasteiger partial charge in [0.15, 0.2) is 11.2 Å². The molecular weight excluding hydrogens is 799 g/mol. The van der Waals surface area contributed by atoms with E-state index in [2.05, 4.69) is 5.32 Å². The Morgan fingerprint density at radius 1 is 0.774 bits per heavy atom. The van der Waals surface area contributed by atoms with Gasteiger partial charge in [-0.1, -0.05) is 11.6 Å². The van der Waals surface area contributed by atoms with Gasteiger partial charge in [0.25, 0.3) is 0 Å². The van der Waals surface area contributed by atoms with Gasteiger partial charge in [0, 0.05) is 53.8 Å². The van der Waals surface area contributed by atoms with Crippen molar-refractivity contribution in [3.63, 3.8) is 0 Å². The standard InChI is InChI=1S/C48H53NO13/c1-22-14-30-31(16-24-6-7-25(15-24)47(57)62-13-12-59-3)44(55)39-33(54)19-28(21-52)36-35-27(20-51)18-32(49-29-9-8-26(17-29)48(58)61-11-5-10-50)38-41(35)42(37(30)40(36)39)43(34(22)23(2)53)46(60-4)45(38)56/h14,18-19,24-26,29,34,49-52,55H,5-13,15-17,20-21H2,1-4H3. The maximum absolute atomic E-state index is 15.2. The summed E-state index contributed by atoms with van der Waals surface area (Å²) in [6.07, 6.45) is 5.71. The number of Topliss-reactive ketones (excluding diaryl/α,β-unsaturated/α-hetero) is 1. The number of carbonyl (C=O) groups is 3. The Hall–Kier alpha value is -5.41. The minimum atomic E-state index is -0.976. The summed E-state index contributed by atoms with van der Waals surface area (Å²) < 4.78 is 21.9. The Morgan fingerprint density at radius 2 is 1.44 bits per heavy atom. The van der Waals surface area contributed by atoms with E-state index in [-0.39, 0.29) is 96.3 Å². The van der Waals surface area contributed by atoms with Crippen molar-refractivity contribution in [3.8, 4) is 11.5 Å². The van der Waals surface area contributed by atoms with Crippen LogP contribution in [0.2, 0.25) is 0 Å². The number of hydrogen-bond donors (Lipinski definition) is 5. The summed E-state index contributed by atoms with van der Waals surface area (Å²) in [7, 11) is 2.90. The van der Waals surface area contributed by atoms with Crippen LogP contribution in [0.1, 0.15) is 92.5 Å². The van der Waals surface area contributed by atoms with E-state index in [1.54, 1.807) is 13.0 Å². The van der Waals surface area contributed by atoms with Crippen LogP contribution in [0.25, 0.3) is 49.2 Å². The molecule has 14 nitrogen and oxygen atoms in total. The zero-order valence-corrected chi connectivity index (χ0v) is 35.5. The summed E-state index contributed by atoms with van der Waals surface area (Å²) in [4.78, 5) is 69.3. The van der Waals surface area contributed by atoms with Crippen LogP contribution in [0.15, 0.2) is 27.3 Å². The van der Waals surface area contributed by atoms with Crippen LogP contribution < -0.4 is 20.9 Å². The number of methoxy groups -OCH3 is 2. The molecule has 3 aliphatic rings. The maximum atomic E-state index is 15.2. The fourth-order valence-corrected chi connectivity index (χ4v) is 10.8. The average Bonchev–Trinajstić information content (AvgIpc) is 3.90. The second-order valence-corrected chi connectivity index (χ2v) is 17.2. The fourth-order valence-electron chi connectivity index (χ4n) is 10.8. The number of rotatable bonds is 16. The van der Waals surface area contributed by atoms with Crippen LogP contribution in [0.5, 0.6) is 11.5 Å². The van der Waals surface area contributed by atoms with Crippen LogP contribution in [-0.2, 0) is 48.2 Å². The first-order valence-corrected chi connectivity index (χ1v) is 21.4.